The van der Waals surface area contributed by atoms with E-state index in [9.17, 15) is 19.5 Å². The fraction of sp³-hybridized carbons (Fsp3) is 0.828. The molecule has 7 atom stereocenters. The molecule has 6 nitrogen and oxygen atoms in total. The number of methoxy groups -OCH3 is 1. The van der Waals surface area contributed by atoms with Gasteiger partial charge in [0.2, 0.25) is 0 Å². The summed E-state index contributed by atoms with van der Waals surface area (Å²) in [7, 11) is 1.46. The summed E-state index contributed by atoms with van der Waals surface area (Å²) in [5.74, 6) is -1.28. The van der Waals surface area contributed by atoms with Crippen molar-refractivity contribution in [2.24, 2.45) is 38.9 Å². The largest absolute Gasteiger partial charge is 0.469 e. The molecule has 4 aliphatic carbocycles. The number of esters is 2. The molecule has 0 aromatic rings. The molecule has 1 aliphatic heterocycles. The third-order valence-corrected chi connectivity index (χ3v) is 12.0. The fourth-order valence-corrected chi connectivity index (χ4v) is 9.49. The molecular weight excluding hydrogens is 444 g/mol. The van der Waals surface area contributed by atoms with E-state index < -0.39 is 32.9 Å². The minimum Gasteiger partial charge on any atom is -0.469 e. The monoisotopic (exact) mass is 486 g/mol. The van der Waals surface area contributed by atoms with E-state index >= 15 is 0 Å². The van der Waals surface area contributed by atoms with Crippen molar-refractivity contribution in [3.63, 3.8) is 0 Å². The minimum absolute atomic E-state index is 0.0353. The van der Waals surface area contributed by atoms with Crippen LogP contribution in [0.4, 0.5) is 0 Å². The molecule has 35 heavy (non-hydrogen) atoms. The predicted octanol–water partition coefficient (Wildman–Crippen LogP) is 4.77. The number of ether oxygens (including phenoxy) is 2. The van der Waals surface area contributed by atoms with Crippen LogP contribution in [-0.2, 0) is 23.9 Å². The Labute approximate surface area is 209 Å². The second-order valence-corrected chi connectivity index (χ2v) is 14.2. The highest BCUT2D eigenvalue weighted by Gasteiger charge is 2.80. The first-order valence-electron chi connectivity index (χ1n) is 13.3. The van der Waals surface area contributed by atoms with Gasteiger partial charge in [0.1, 0.15) is 5.60 Å². The van der Waals surface area contributed by atoms with Gasteiger partial charge < -0.3 is 14.6 Å². The van der Waals surface area contributed by atoms with Crippen LogP contribution in [0.3, 0.4) is 0 Å². The number of ketones is 1. The van der Waals surface area contributed by atoms with Gasteiger partial charge >= 0.3 is 11.9 Å². The van der Waals surface area contributed by atoms with E-state index in [0.29, 0.717) is 25.7 Å². The van der Waals surface area contributed by atoms with E-state index in [4.69, 9.17) is 9.47 Å². The first-order valence-corrected chi connectivity index (χ1v) is 13.3. The summed E-state index contributed by atoms with van der Waals surface area (Å²) in [6.45, 7) is 14.2. The molecule has 0 spiro atoms. The van der Waals surface area contributed by atoms with Gasteiger partial charge in [-0.15, -0.1) is 0 Å². The van der Waals surface area contributed by atoms with Crippen molar-refractivity contribution in [3.8, 4) is 0 Å². The van der Waals surface area contributed by atoms with E-state index in [1.54, 1.807) is 13.0 Å². The maximum Gasteiger partial charge on any atom is 0.312 e. The Morgan fingerprint density at radius 1 is 1.00 bits per heavy atom. The van der Waals surface area contributed by atoms with Gasteiger partial charge in [0.15, 0.2) is 11.4 Å². The first-order chi connectivity index (χ1) is 16.0. The molecule has 194 valence electrons. The van der Waals surface area contributed by atoms with Crippen molar-refractivity contribution in [1.82, 2.24) is 0 Å². The number of hydrogen-bond acceptors (Lipinski definition) is 6. The lowest BCUT2D eigenvalue weighted by Crippen LogP contribution is -2.77. The molecule has 6 heteroatoms. The maximum absolute atomic E-state index is 14.2. The van der Waals surface area contributed by atoms with Gasteiger partial charge in [-0.1, -0.05) is 33.3 Å². The lowest BCUT2D eigenvalue weighted by Gasteiger charge is -2.69. The Balaban J connectivity index is 1.71. The quantitative estimate of drug-likeness (QED) is 0.537. The van der Waals surface area contributed by atoms with Gasteiger partial charge in [-0.05, 0) is 88.5 Å². The second kappa shape index (κ2) is 6.79. The number of aliphatic hydroxyl groups is 1. The maximum atomic E-state index is 14.2. The molecule has 4 fully saturated rings. The van der Waals surface area contributed by atoms with Crippen LogP contribution < -0.4 is 0 Å². The summed E-state index contributed by atoms with van der Waals surface area (Å²) in [6, 6.07) is 0. The SMILES string of the molecule is COC(=O)[C@]12CCC(C)(C)C[C@H]1C1=CC(=O)[C@@]3(O)[C@@](C)(CC[C@H]4C(C)(C)C(=O)O[C@@]43C)[C@]1(C)CC2. The number of carbonyl (C=O) groups excluding carboxylic acids is 3. The smallest absolute Gasteiger partial charge is 0.312 e. The van der Waals surface area contributed by atoms with Crippen LogP contribution in [0.15, 0.2) is 11.6 Å². The lowest BCUT2D eigenvalue weighted by atomic mass is 9.35. The third kappa shape index (κ3) is 2.58. The first kappa shape index (κ1) is 25.0. The van der Waals surface area contributed by atoms with E-state index in [-0.39, 0.29) is 35.0 Å². The van der Waals surface area contributed by atoms with Gasteiger partial charge in [-0.3, -0.25) is 14.4 Å². The molecule has 0 aromatic heterocycles. The van der Waals surface area contributed by atoms with E-state index in [2.05, 4.69) is 20.8 Å². The predicted molar refractivity (Wildman–Crippen MR) is 130 cm³/mol. The fourth-order valence-electron chi connectivity index (χ4n) is 9.49. The van der Waals surface area contributed by atoms with Crippen LogP contribution in [0.2, 0.25) is 0 Å². The third-order valence-electron chi connectivity index (χ3n) is 12.0. The second-order valence-electron chi connectivity index (χ2n) is 14.2. The van der Waals surface area contributed by atoms with Crippen molar-refractivity contribution in [3.05, 3.63) is 11.6 Å². The van der Waals surface area contributed by atoms with Crippen LogP contribution >= 0.6 is 0 Å². The van der Waals surface area contributed by atoms with Gasteiger partial charge in [0.05, 0.1) is 17.9 Å². The number of allylic oxidation sites excluding steroid dienone is 1. The minimum atomic E-state index is -1.83. The Morgan fingerprint density at radius 2 is 1.63 bits per heavy atom. The molecule has 0 radical (unpaired) electrons. The van der Waals surface area contributed by atoms with Gasteiger partial charge in [-0.25, -0.2) is 0 Å². The van der Waals surface area contributed by atoms with Crippen LogP contribution in [0.5, 0.6) is 0 Å². The van der Waals surface area contributed by atoms with Crippen molar-refractivity contribution >= 4 is 17.7 Å². The van der Waals surface area contributed by atoms with Crippen molar-refractivity contribution in [2.45, 2.75) is 105 Å². The zero-order valence-electron chi connectivity index (χ0n) is 22.7. The molecule has 5 aliphatic rings. The summed E-state index contributed by atoms with van der Waals surface area (Å²) in [5, 5.41) is 12.6. The number of carbonyl (C=O) groups is 3. The van der Waals surface area contributed by atoms with Crippen molar-refractivity contribution < 1.29 is 29.0 Å². The van der Waals surface area contributed by atoms with Gasteiger partial charge in [0, 0.05) is 11.3 Å². The molecule has 0 aromatic carbocycles. The summed E-state index contributed by atoms with van der Waals surface area (Å²) in [5.41, 5.74) is -4.86. The summed E-state index contributed by atoms with van der Waals surface area (Å²) in [6.07, 6.45) is 6.78. The van der Waals surface area contributed by atoms with Crippen LogP contribution in [0.25, 0.3) is 0 Å². The number of fused-ring (bicyclic) bond motifs is 7. The molecule has 0 amide bonds. The number of hydrogen-bond donors (Lipinski definition) is 1. The Kier molecular flexibility index (Phi) is 4.84. The van der Waals surface area contributed by atoms with E-state index in [1.165, 1.54) is 7.11 Å². The van der Waals surface area contributed by atoms with Crippen LogP contribution in [0, 0.1) is 38.9 Å². The highest BCUT2D eigenvalue weighted by Crippen LogP contribution is 2.74. The summed E-state index contributed by atoms with van der Waals surface area (Å²) >= 11 is 0. The molecule has 3 saturated carbocycles. The number of rotatable bonds is 1. The molecule has 1 saturated heterocycles. The topological polar surface area (TPSA) is 89.9 Å². The van der Waals surface area contributed by atoms with E-state index in [1.807, 2.05) is 20.8 Å². The molecule has 0 bridgehead atoms. The van der Waals surface area contributed by atoms with Crippen molar-refractivity contribution in [1.29, 1.82) is 0 Å². The van der Waals surface area contributed by atoms with Crippen LogP contribution in [-0.4, -0.2) is 41.1 Å². The lowest BCUT2D eigenvalue weighted by molar-refractivity contribution is -0.263. The zero-order chi connectivity index (χ0) is 26.0. The molecular formula is C29H42O6. The van der Waals surface area contributed by atoms with E-state index in [0.717, 1.165) is 24.8 Å². The Bertz CT molecular complexity index is 1060. The Hall–Kier alpha value is -1.69. The zero-order valence-corrected chi connectivity index (χ0v) is 22.7. The van der Waals surface area contributed by atoms with Gasteiger partial charge in [-0.2, -0.15) is 0 Å². The molecule has 1 heterocycles. The normalized spacial score (nSPS) is 49.6. The van der Waals surface area contributed by atoms with Crippen molar-refractivity contribution in [2.75, 3.05) is 7.11 Å². The highest BCUT2D eigenvalue weighted by atomic mass is 16.6. The Morgan fingerprint density at radius 3 is 2.26 bits per heavy atom. The standard InChI is InChI=1S/C29H42O6/c1-23(2)11-13-28(22(32)34-8)14-12-25(5)17(18(28)16-23)15-20(30)29(33)26(25,6)10-9-19-24(3,4)21(31)35-27(19,29)7/h15,18-19,33H,9-14,16H2,1-8H3/t18-,19-,25+,26-,27-,28-,29+/m0/s1. The molecule has 1 N–H and O–H groups in total. The average molecular weight is 487 g/mol. The van der Waals surface area contributed by atoms with Crippen LogP contribution in [0.1, 0.15) is 93.4 Å². The highest BCUT2D eigenvalue weighted by molar-refractivity contribution is 6.02. The average Bonchev–Trinajstić information content (AvgIpc) is 2.96. The molecule has 0 unspecified atom stereocenters. The molecule has 5 rings (SSSR count). The summed E-state index contributed by atoms with van der Waals surface area (Å²) < 4.78 is 11.4. The van der Waals surface area contributed by atoms with Gasteiger partial charge in [0.25, 0.3) is 0 Å². The summed E-state index contributed by atoms with van der Waals surface area (Å²) in [4.78, 5) is 40.4.